The molecule has 2 aromatic rings. The van der Waals surface area contributed by atoms with Gasteiger partial charge in [0.1, 0.15) is 0 Å². The number of nitrogens with one attached hydrogen (secondary N) is 1. The zero-order valence-electron chi connectivity index (χ0n) is 10.1. The monoisotopic (exact) mass is 374 g/mol. The van der Waals surface area contributed by atoms with Gasteiger partial charge in [-0.2, -0.15) is 0 Å². The van der Waals surface area contributed by atoms with Crippen LogP contribution in [0.1, 0.15) is 5.56 Å². The maximum Gasteiger partial charge on any atom is 0.275 e. The summed E-state index contributed by atoms with van der Waals surface area (Å²) in [5.74, 6) is 0. The van der Waals surface area contributed by atoms with Crippen LogP contribution in [0.4, 0.5) is 11.4 Å². The van der Waals surface area contributed by atoms with Crippen molar-refractivity contribution in [3.05, 3.63) is 66.6 Å². The summed E-state index contributed by atoms with van der Waals surface area (Å²) in [6.07, 6.45) is 0. The third-order valence-electron chi connectivity index (χ3n) is 2.65. The molecule has 0 bridgehead atoms. The average molecular weight is 376 g/mol. The summed E-state index contributed by atoms with van der Waals surface area (Å²) < 4.78 is 0.669. The average Bonchev–Trinajstić information content (AvgIpc) is 2.41. The van der Waals surface area contributed by atoms with Crippen LogP contribution in [-0.2, 0) is 6.54 Å². The molecule has 0 spiro atoms. The van der Waals surface area contributed by atoms with E-state index in [-0.39, 0.29) is 5.69 Å². The normalized spacial score (nSPS) is 10.3. The highest BCUT2D eigenvalue weighted by Crippen LogP contribution is 2.27. The Bertz CT molecular complexity index is 665. The van der Waals surface area contributed by atoms with Crippen LogP contribution in [0, 0.1) is 10.1 Å². The lowest BCUT2D eigenvalue weighted by molar-refractivity contribution is -0.385. The molecule has 0 aliphatic rings. The molecule has 1 N–H and O–H groups in total. The van der Waals surface area contributed by atoms with E-state index in [1.54, 1.807) is 30.3 Å². The van der Waals surface area contributed by atoms with Crippen LogP contribution in [0.5, 0.6) is 0 Å². The van der Waals surface area contributed by atoms with Crippen molar-refractivity contribution in [1.29, 1.82) is 0 Å². The summed E-state index contributed by atoms with van der Waals surface area (Å²) in [5, 5.41) is 15.0. The number of benzene rings is 2. The second-order valence-electron chi connectivity index (χ2n) is 4.01. The van der Waals surface area contributed by atoms with E-state index in [2.05, 4.69) is 21.2 Å². The fraction of sp³-hybridized carbons (Fsp3) is 0.0769. The van der Waals surface area contributed by atoms with Gasteiger partial charge in [-0.25, -0.2) is 0 Å². The van der Waals surface area contributed by atoms with E-state index in [9.17, 15) is 10.1 Å². The Morgan fingerprint density at radius 2 is 1.90 bits per heavy atom. The Morgan fingerprint density at radius 3 is 2.55 bits per heavy atom. The van der Waals surface area contributed by atoms with Crippen LogP contribution in [0.3, 0.4) is 0 Å². The molecule has 7 heteroatoms. The number of hydrogen-bond acceptors (Lipinski definition) is 3. The largest absolute Gasteiger partial charge is 0.381 e. The first-order valence-electron chi connectivity index (χ1n) is 5.59. The molecule has 2 aromatic carbocycles. The highest BCUT2D eigenvalue weighted by molar-refractivity contribution is 9.10. The van der Waals surface area contributed by atoms with Gasteiger partial charge in [0.25, 0.3) is 5.69 Å². The first-order valence-corrected chi connectivity index (χ1v) is 7.14. The van der Waals surface area contributed by atoms with Crippen LogP contribution >= 0.6 is 39.1 Å². The number of rotatable bonds is 4. The lowest BCUT2D eigenvalue weighted by Crippen LogP contribution is -2.03. The number of anilines is 1. The van der Waals surface area contributed by atoms with Crippen molar-refractivity contribution in [3.8, 4) is 0 Å². The van der Waals surface area contributed by atoms with Gasteiger partial charge in [0.2, 0.25) is 0 Å². The van der Waals surface area contributed by atoms with E-state index >= 15 is 0 Å². The van der Waals surface area contributed by atoms with E-state index in [4.69, 9.17) is 23.2 Å². The van der Waals surface area contributed by atoms with Crippen LogP contribution < -0.4 is 5.32 Å². The van der Waals surface area contributed by atoms with Crippen molar-refractivity contribution >= 4 is 50.5 Å². The molecule has 0 saturated carbocycles. The van der Waals surface area contributed by atoms with Gasteiger partial charge in [-0.15, -0.1) is 0 Å². The maximum absolute atomic E-state index is 11.0. The smallest absolute Gasteiger partial charge is 0.275 e. The fourth-order valence-corrected chi connectivity index (χ4v) is 2.31. The van der Waals surface area contributed by atoms with Gasteiger partial charge in [-0.1, -0.05) is 39.1 Å². The SMILES string of the molecule is O=[N+]([O-])c1cc(Br)ccc1CNc1ccc(Cl)c(Cl)c1. The van der Waals surface area contributed by atoms with Gasteiger partial charge in [-0.05, 0) is 30.3 Å². The molecule has 0 saturated heterocycles. The second kappa shape index (κ2) is 6.43. The minimum Gasteiger partial charge on any atom is -0.381 e. The molecule has 104 valence electrons. The van der Waals surface area contributed by atoms with Crippen molar-refractivity contribution in [3.63, 3.8) is 0 Å². The van der Waals surface area contributed by atoms with Gasteiger partial charge < -0.3 is 5.32 Å². The minimum atomic E-state index is -0.406. The van der Waals surface area contributed by atoms with Crippen molar-refractivity contribution in [2.24, 2.45) is 0 Å². The van der Waals surface area contributed by atoms with Crippen LogP contribution in [0.25, 0.3) is 0 Å². The molecule has 2 rings (SSSR count). The van der Waals surface area contributed by atoms with Gasteiger partial charge in [0.15, 0.2) is 0 Å². The first kappa shape index (κ1) is 15.1. The van der Waals surface area contributed by atoms with Crippen molar-refractivity contribution in [1.82, 2.24) is 0 Å². The third kappa shape index (κ3) is 3.62. The molecular weight excluding hydrogens is 367 g/mol. The van der Waals surface area contributed by atoms with Crippen molar-refractivity contribution < 1.29 is 4.92 Å². The molecule has 0 aromatic heterocycles. The summed E-state index contributed by atoms with van der Waals surface area (Å²) in [6.45, 7) is 0.321. The van der Waals surface area contributed by atoms with Crippen LogP contribution in [0.15, 0.2) is 40.9 Å². The summed E-state index contributed by atoms with van der Waals surface area (Å²) in [6, 6.07) is 10.0. The quantitative estimate of drug-likeness (QED) is 0.584. The lowest BCUT2D eigenvalue weighted by atomic mass is 10.2. The molecule has 0 atom stereocenters. The molecule has 20 heavy (non-hydrogen) atoms. The molecule has 0 fully saturated rings. The Balaban J connectivity index is 2.18. The van der Waals surface area contributed by atoms with E-state index < -0.39 is 4.92 Å². The van der Waals surface area contributed by atoms with E-state index in [0.717, 1.165) is 5.69 Å². The van der Waals surface area contributed by atoms with Crippen molar-refractivity contribution in [2.75, 3.05) is 5.32 Å². The Kier molecular flexibility index (Phi) is 4.86. The number of nitro groups is 1. The van der Waals surface area contributed by atoms with Gasteiger partial charge >= 0.3 is 0 Å². The summed E-state index contributed by atoms with van der Waals surface area (Å²) in [5.41, 5.74) is 1.40. The zero-order valence-corrected chi connectivity index (χ0v) is 13.2. The summed E-state index contributed by atoms with van der Waals surface area (Å²) in [4.78, 5) is 10.6. The molecule has 0 radical (unpaired) electrons. The predicted molar refractivity (Wildman–Crippen MR) is 84.6 cm³/mol. The highest BCUT2D eigenvalue weighted by atomic mass is 79.9. The van der Waals surface area contributed by atoms with Gasteiger partial charge in [0, 0.05) is 28.3 Å². The Hall–Kier alpha value is -1.30. The number of halogens is 3. The molecule has 0 heterocycles. The first-order chi connectivity index (χ1) is 9.47. The molecular formula is C13H9BrCl2N2O2. The summed E-state index contributed by atoms with van der Waals surface area (Å²) >= 11 is 15.0. The number of nitro benzene ring substituents is 1. The second-order valence-corrected chi connectivity index (χ2v) is 5.74. The highest BCUT2D eigenvalue weighted by Gasteiger charge is 2.13. The standard InChI is InChI=1S/C13H9BrCl2N2O2/c14-9-2-1-8(13(5-9)18(19)20)7-17-10-3-4-11(15)12(16)6-10/h1-6,17H,7H2. The third-order valence-corrected chi connectivity index (χ3v) is 3.88. The molecule has 0 aliphatic carbocycles. The van der Waals surface area contributed by atoms with Crippen molar-refractivity contribution in [2.45, 2.75) is 6.54 Å². The van der Waals surface area contributed by atoms with E-state index in [1.165, 1.54) is 6.07 Å². The molecule has 0 unspecified atom stereocenters. The van der Waals surface area contributed by atoms with Gasteiger partial charge in [-0.3, -0.25) is 10.1 Å². The molecule has 4 nitrogen and oxygen atoms in total. The molecule has 0 amide bonds. The van der Waals surface area contributed by atoms with Gasteiger partial charge in [0.05, 0.1) is 15.0 Å². The van der Waals surface area contributed by atoms with Crippen LogP contribution in [-0.4, -0.2) is 4.92 Å². The Morgan fingerprint density at radius 1 is 1.15 bits per heavy atom. The van der Waals surface area contributed by atoms with E-state index in [0.29, 0.717) is 26.6 Å². The van der Waals surface area contributed by atoms with Crippen LogP contribution in [0.2, 0.25) is 10.0 Å². The fourth-order valence-electron chi connectivity index (χ4n) is 1.66. The van der Waals surface area contributed by atoms with E-state index in [1.807, 2.05) is 0 Å². The summed E-state index contributed by atoms with van der Waals surface area (Å²) in [7, 11) is 0. The molecule has 0 aliphatic heterocycles. The lowest BCUT2D eigenvalue weighted by Gasteiger charge is -2.08. The minimum absolute atomic E-state index is 0.0620. The topological polar surface area (TPSA) is 55.2 Å². The number of hydrogen-bond donors (Lipinski definition) is 1. The predicted octanol–water partition coefficient (Wildman–Crippen LogP) is 5.28. The number of nitrogens with zero attached hydrogens (tertiary/aromatic N) is 1. The maximum atomic E-state index is 11.0. The Labute approximate surface area is 134 Å². The zero-order chi connectivity index (χ0) is 14.7.